The molecule has 1 fully saturated rings. The minimum absolute atomic E-state index is 0.0296. The fourth-order valence-electron chi connectivity index (χ4n) is 2.41. The summed E-state index contributed by atoms with van der Waals surface area (Å²) in [5.41, 5.74) is -0.489. The molecule has 20 heavy (non-hydrogen) atoms. The Labute approximate surface area is 120 Å². The second-order valence-corrected chi connectivity index (χ2v) is 5.23. The van der Waals surface area contributed by atoms with Crippen LogP contribution in [0.1, 0.15) is 36.0 Å². The first-order valence-electron chi connectivity index (χ1n) is 6.42. The minimum atomic E-state index is -0.641. The second kappa shape index (κ2) is 6.19. The Morgan fingerprint density at radius 2 is 2.10 bits per heavy atom. The smallest absolute Gasteiger partial charge is 0.283 e. The van der Waals surface area contributed by atoms with Crippen LogP contribution in [0, 0.1) is 10.1 Å². The number of amides is 1. The van der Waals surface area contributed by atoms with E-state index >= 15 is 0 Å². The monoisotopic (exact) mass is 298 g/mol. The van der Waals surface area contributed by atoms with Crippen molar-refractivity contribution in [3.63, 3.8) is 0 Å². The quantitative estimate of drug-likeness (QED) is 0.661. The SMILES string of the molecule is O=C(NC1CCCCC1O)c1c(Cl)cccc1[N+](=O)[O-]. The van der Waals surface area contributed by atoms with Gasteiger partial charge in [0.25, 0.3) is 11.6 Å². The zero-order valence-corrected chi connectivity index (χ0v) is 11.5. The Bertz CT molecular complexity index is 535. The van der Waals surface area contributed by atoms with Gasteiger partial charge in [-0.3, -0.25) is 14.9 Å². The maximum Gasteiger partial charge on any atom is 0.283 e. The highest BCUT2D eigenvalue weighted by atomic mass is 35.5. The maximum absolute atomic E-state index is 12.2. The van der Waals surface area contributed by atoms with Crippen LogP contribution in [0.5, 0.6) is 0 Å². The van der Waals surface area contributed by atoms with Crippen LogP contribution in [0.4, 0.5) is 5.69 Å². The van der Waals surface area contributed by atoms with Gasteiger partial charge < -0.3 is 10.4 Å². The van der Waals surface area contributed by atoms with Crippen LogP contribution in [0.2, 0.25) is 5.02 Å². The number of nitrogens with zero attached hydrogens (tertiary/aromatic N) is 1. The largest absolute Gasteiger partial charge is 0.391 e. The average Bonchev–Trinajstić information content (AvgIpc) is 2.40. The van der Waals surface area contributed by atoms with Crippen molar-refractivity contribution in [2.75, 3.05) is 0 Å². The molecule has 1 amide bonds. The van der Waals surface area contributed by atoms with E-state index in [9.17, 15) is 20.0 Å². The maximum atomic E-state index is 12.2. The third kappa shape index (κ3) is 3.08. The number of carbonyl (C=O) groups excluding carboxylic acids is 1. The van der Waals surface area contributed by atoms with E-state index in [0.29, 0.717) is 12.8 Å². The molecule has 0 spiro atoms. The van der Waals surface area contributed by atoms with Crippen molar-refractivity contribution in [3.05, 3.63) is 38.9 Å². The number of aliphatic hydroxyl groups excluding tert-OH is 1. The molecule has 1 aliphatic rings. The molecule has 1 saturated carbocycles. The highest BCUT2D eigenvalue weighted by molar-refractivity contribution is 6.34. The average molecular weight is 299 g/mol. The topological polar surface area (TPSA) is 92.5 Å². The third-order valence-corrected chi connectivity index (χ3v) is 3.78. The van der Waals surface area contributed by atoms with Gasteiger partial charge in [-0.05, 0) is 18.9 Å². The van der Waals surface area contributed by atoms with Crippen molar-refractivity contribution in [3.8, 4) is 0 Å². The molecule has 0 aliphatic heterocycles. The zero-order valence-electron chi connectivity index (χ0n) is 10.7. The van der Waals surface area contributed by atoms with E-state index in [0.717, 1.165) is 12.8 Å². The van der Waals surface area contributed by atoms with Crippen LogP contribution >= 0.6 is 11.6 Å². The molecule has 0 bridgehead atoms. The molecule has 2 rings (SSSR count). The molecular formula is C13H15ClN2O4. The van der Waals surface area contributed by atoms with Gasteiger partial charge in [-0.15, -0.1) is 0 Å². The molecule has 1 aromatic rings. The Kier molecular flexibility index (Phi) is 4.57. The second-order valence-electron chi connectivity index (χ2n) is 4.82. The number of aliphatic hydroxyl groups is 1. The highest BCUT2D eigenvalue weighted by Crippen LogP contribution is 2.27. The molecule has 2 N–H and O–H groups in total. The summed E-state index contributed by atoms with van der Waals surface area (Å²) in [6, 6.07) is 3.71. The van der Waals surface area contributed by atoms with E-state index in [2.05, 4.69) is 5.32 Å². The van der Waals surface area contributed by atoms with Crippen molar-refractivity contribution < 1.29 is 14.8 Å². The number of nitro groups is 1. The molecule has 0 aromatic heterocycles. The van der Waals surface area contributed by atoms with Crippen LogP contribution in [-0.2, 0) is 0 Å². The lowest BCUT2D eigenvalue weighted by molar-refractivity contribution is -0.385. The number of hydrogen-bond acceptors (Lipinski definition) is 4. The summed E-state index contributed by atoms with van der Waals surface area (Å²) in [6.45, 7) is 0. The molecule has 6 nitrogen and oxygen atoms in total. The van der Waals surface area contributed by atoms with Gasteiger partial charge in [0.05, 0.1) is 22.1 Å². The third-order valence-electron chi connectivity index (χ3n) is 3.46. The van der Waals surface area contributed by atoms with Crippen LogP contribution in [0.15, 0.2) is 18.2 Å². The molecule has 0 saturated heterocycles. The molecule has 1 aromatic carbocycles. The number of benzene rings is 1. The normalized spacial score (nSPS) is 22.3. The van der Waals surface area contributed by atoms with E-state index in [4.69, 9.17) is 11.6 Å². The summed E-state index contributed by atoms with van der Waals surface area (Å²) >= 11 is 5.89. The van der Waals surface area contributed by atoms with E-state index in [1.165, 1.54) is 18.2 Å². The Morgan fingerprint density at radius 3 is 2.75 bits per heavy atom. The summed E-state index contributed by atoms with van der Waals surface area (Å²) in [4.78, 5) is 22.5. The molecule has 2 unspecified atom stereocenters. The molecule has 2 atom stereocenters. The lowest BCUT2D eigenvalue weighted by Crippen LogP contribution is -2.45. The Balaban J connectivity index is 2.23. The molecular weight excluding hydrogens is 284 g/mol. The number of halogens is 1. The zero-order chi connectivity index (χ0) is 14.7. The van der Waals surface area contributed by atoms with Gasteiger partial charge in [0.15, 0.2) is 0 Å². The van der Waals surface area contributed by atoms with Gasteiger partial charge in [-0.2, -0.15) is 0 Å². The highest BCUT2D eigenvalue weighted by Gasteiger charge is 2.29. The summed E-state index contributed by atoms with van der Waals surface area (Å²) < 4.78 is 0. The van der Waals surface area contributed by atoms with Gasteiger partial charge in [0.2, 0.25) is 0 Å². The Hall–Kier alpha value is -1.66. The first-order valence-corrected chi connectivity index (χ1v) is 6.80. The first-order chi connectivity index (χ1) is 9.50. The fourth-order valence-corrected chi connectivity index (χ4v) is 2.67. The van der Waals surface area contributed by atoms with Gasteiger partial charge in [-0.25, -0.2) is 0 Å². The summed E-state index contributed by atoms with van der Waals surface area (Å²) in [5, 5.41) is 23.5. The fraction of sp³-hybridized carbons (Fsp3) is 0.462. The lowest BCUT2D eigenvalue weighted by atomic mass is 9.92. The van der Waals surface area contributed by atoms with Crippen LogP contribution in [-0.4, -0.2) is 28.1 Å². The van der Waals surface area contributed by atoms with Gasteiger partial charge in [0.1, 0.15) is 5.56 Å². The summed E-state index contributed by atoms with van der Waals surface area (Å²) in [6.07, 6.45) is 2.49. The summed E-state index contributed by atoms with van der Waals surface area (Å²) in [7, 11) is 0. The van der Waals surface area contributed by atoms with Crippen molar-refractivity contribution in [2.24, 2.45) is 0 Å². The molecule has 108 valence electrons. The van der Waals surface area contributed by atoms with Crippen LogP contribution < -0.4 is 5.32 Å². The number of nitro benzene ring substituents is 1. The number of nitrogens with one attached hydrogen (secondary N) is 1. The van der Waals surface area contributed by atoms with Crippen LogP contribution in [0.3, 0.4) is 0 Å². The van der Waals surface area contributed by atoms with Crippen molar-refractivity contribution in [1.82, 2.24) is 5.32 Å². The Morgan fingerprint density at radius 1 is 1.40 bits per heavy atom. The minimum Gasteiger partial charge on any atom is -0.391 e. The van der Waals surface area contributed by atoms with Crippen molar-refractivity contribution >= 4 is 23.2 Å². The van der Waals surface area contributed by atoms with Crippen molar-refractivity contribution in [1.29, 1.82) is 0 Å². The first kappa shape index (κ1) is 14.7. The van der Waals surface area contributed by atoms with Gasteiger partial charge in [0, 0.05) is 6.07 Å². The number of hydrogen-bond donors (Lipinski definition) is 2. The van der Waals surface area contributed by atoms with E-state index < -0.39 is 16.9 Å². The molecule has 1 aliphatic carbocycles. The lowest BCUT2D eigenvalue weighted by Gasteiger charge is -2.28. The summed E-state index contributed by atoms with van der Waals surface area (Å²) in [5.74, 6) is -0.617. The van der Waals surface area contributed by atoms with E-state index in [-0.39, 0.29) is 22.3 Å². The van der Waals surface area contributed by atoms with Gasteiger partial charge >= 0.3 is 0 Å². The predicted octanol–water partition coefficient (Wildman–Crippen LogP) is 2.28. The van der Waals surface area contributed by atoms with Gasteiger partial charge in [-0.1, -0.05) is 30.5 Å². The molecule has 0 radical (unpaired) electrons. The van der Waals surface area contributed by atoms with E-state index in [1.807, 2.05) is 0 Å². The standard InChI is InChI=1S/C13H15ClN2O4/c14-8-4-3-6-10(16(19)20)12(8)13(18)15-9-5-1-2-7-11(9)17/h3-4,6,9,11,17H,1-2,5,7H2,(H,15,18). The van der Waals surface area contributed by atoms with Crippen molar-refractivity contribution in [2.45, 2.75) is 37.8 Å². The van der Waals surface area contributed by atoms with Crippen LogP contribution in [0.25, 0.3) is 0 Å². The number of carbonyl (C=O) groups is 1. The molecule has 7 heteroatoms. The van der Waals surface area contributed by atoms with E-state index in [1.54, 1.807) is 0 Å². The predicted molar refractivity (Wildman–Crippen MR) is 73.8 cm³/mol. The molecule has 0 heterocycles. The number of rotatable bonds is 3.